The maximum Gasteiger partial charge on any atom is 0.409 e. The van der Waals surface area contributed by atoms with Gasteiger partial charge in [0.1, 0.15) is 0 Å². The summed E-state index contributed by atoms with van der Waals surface area (Å²) in [6, 6.07) is 0. The molecule has 0 atom stereocenters. The third-order valence-electron chi connectivity index (χ3n) is 2.90. The number of carbonyl (C=O) groups excluding carboxylic acids is 1. The van der Waals surface area contributed by atoms with E-state index in [1.165, 1.54) is 7.11 Å². The highest BCUT2D eigenvalue weighted by atomic mass is 16.5. The van der Waals surface area contributed by atoms with Crippen molar-refractivity contribution in [2.75, 3.05) is 27.2 Å². The molecule has 1 rings (SSSR count). The SMILES string of the molecule is CNC1(C)CCN(C(=O)OC)CC1. The number of hydrogen-bond donors (Lipinski definition) is 1. The van der Waals surface area contributed by atoms with E-state index < -0.39 is 0 Å². The van der Waals surface area contributed by atoms with Crippen LogP contribution < -0.4 is 5.32 Å². The second kappa shape index (κ2) is 3.96. The molecule has 1 amide bonds. The lowest BCUT2D eigenvalue weighted by atomic mass is 9.90. The number of carbonyl (C=O) groups is 1. The number of hydrogen-bond acceptors (Lipinski definition) is 3. The second-order valence-corrected chi connectivity index (χ2v) is 3.77. The number of methoxy groups -OCH3 is 1. The van der Waals surface area contributed by atoms with Crippen molar-refractivity contribution < 1.29 is 9.53 Å². The highest BCUT2D eigenvalue weighted by molar-refractivity contribution is 5.67. The normalized spacial score (nSPS) is 21.3. The van der Waals surface area contributed by atoms with Crippen molar-refractivity contribution >= 4 is 6.09 Å². The quantitative estimate of drug-likeness (QED) is 0.659. The van der Waals surface area contributed by atoms with Gasteiger partial charge in [0.25, 0.3) is 0 Å². The fourth-order valence-electron chi connectivity index (χ4n) is 1.56. The molecule has 1 heterocycles. The fraction of sp³-hybridized carbons (Fsp3) is 0.889. The van der Waals surface area contributed by atoms with Crippen LogP contribution in [0.4, 0.5) is 4.79 Å². The summed E-state index contributed by atoms with van der Waals surface area (Å²) in [7, 11) is 3.39. The van der Waals surface area contributed by atoms with Crippen LogP contribution >= 0.6 is 0 Å². The third kappa shape index (κ3) is 2.34. The zero-order valence-corrected chi connectivity index (χ0v) is 8.59. The van der Waals surface area contributed by atoms with Crippen molar-refractivity contribution in [1.29, 1.82) is 0 Å². The first-order valence-corrected chi connectivity index (χ1v) is 4.63. The summed E-state index contributed by atoms with van der Waals surface area (Å²) < 4.78 is 4.66. The highest BCUT2D eigenvalue weighted by Crippen LogP contribution is 2.21. The summed E-state index contributed by atoms with van der Waals surface area (Å²) in [5, 5.41) is 3.28. The predicted molar refractivity (Wildman–Crippen MR) is 50.7 cm³/mol. The topological polar surface area (TPSA) is 41.6 Å². The molecule has 1 fully saturated rings. The number of nitrogens with zero attached hydrogens (tertiary/aromatic N) is 1. The number of nitrogens with one attached hydrogen (secondary N) is 1. The van der Waals surface area contributed by atoms with Crippen LogP contribution in [0.2, 0.25) is 0 Å². The van der Waals surface area contributed by atoms with Crippen LogP contribution in [0.1, 0.15) is 19.8 Å². The fourth-order valence-corrected chi connectivity index (χ4v) is 1.56. The highest BCUT2D eigenvalue weighted by Gasteiger charge is 2.30. The van der Waals surface area contributed by atoms with Crippen LogP contribution in [0.15, 0.2) is 0 Å². The Balaban J connectivity index is 2.43. The standard InChI is InChI=1S/C9H18N2O2/c1-9(10-2)4-6-11(7-5-9)8(12)13-3/h10H,4-7H2,1-3H3. The van der Waals surface area contributed by atoms with E-state index in [4.69, 9.17) is 0 Å². The molecule has 13 heavy (non-hydrogen) atoms. The van der Waals surface area contributed by atoms with Gasteiger partial charge in [-0.15, -0.1) is 0 Å². The maximum atomic E-state index is 11.1. The molecule has 0 unspecified atom stereocenters. The van der Waals surface area contributed by atoms with Crippen molar-refractivity contribution in [3.8, 4) is 0 Å². The average Bonchev–Trinajstić information content (AvgIpc) is 2.18. The van der Waals surface area contributed by atoms with Gasteiger partial charge in [-0.1, -0.05) is 0 Å². The van der Waals surface area contributed by atoms with E-state index in [0.717, 1.165) is 25.9 Å². The van der Waals surface area contributed by atoms with E-state index in [0.29, 0.717) is 0 Å². The lowest BCUT2D eigenvalue weighted by Gasteiger charge is -2.38. The summed E-state index contributed by atoms with van der Waals surface area (Å²) in [6.07, 6.45) is 1.76. The molecule has 0 aliphatic carbocycles. The van der Waals surface area contributed by atoms with Gasteiger partial charge in [0.2, 0.25) is 0 Å². The van der Waals surface area contributed by atoms with Gasteiger partial charge < -0.3 is 15.0 Å². The molecule has 0 bridgehead atoms. The molecule has 0 saturated carbocycles. The van der Waals surface area contributed by atoms with Crippen LogP contribution in [0.25, 0.3) is 0 Å². The van der Waals surface area contributed by atoms with Gasteiger partial charge in [0.15, 0.2) is 0 Å². The van der Waals surface area contributed by atoms with Gasteiger partial charge in [0, 0.05) is 18.6 Å². The molecule has 1 aliphatic heterocycles. The largest absolute Gasteiger partial charge is 0.453 e. The summed E-state index contributed by atoms with van der Waals surface area (Å²) in [5.74, 6) is 0. The maximum absolute atomic E-state index is 11.1. The molecule has 1 aliphatic rings. The van der Waals surface area contributed by atoms with Crippen molar-refractivity contribution in [3.05, 3.63) is 0 Å². The predicted octanol–water partition coefficient (Wildman–Crippen LogP) is 0.827. The minimum Gasteiger partial charge on any atom is -0.453 e. The number of ether oxygens (including phenoxy) is 1. The van der Waals surface area contributed by atoms with Crippen LogP contribution in [0, 0.1) is 0 Å². The molecule has 0 aromatic rings. The van der Waals surface area contributed by atoms with Crippen LogP contribution in [0.3, 0.4) is 0 Å². The Hall–Kier alpha value is -0.770. The monoisotopic (exact) mass is 186 g/mol. The van der Waals surface area contributed by atoms with Crippen LogP contribution in [-0.4, -0.2) is 43.8 Å². The Labute approximate surface area is 79.2 Å². The number of amides is 1. The zero-order valence-electron chi connectivity index (χ0n) is 8.59. The van der Waals surface area contributed by atoms with Crippen LogP contribution in [-0.2, 0) is 4.74 Å². The molecular weight excluding hydrogens is 168 g/mol. The first-order valence-electron chi connectivity index (χ1n) is 4.63. The van der Waals surface area contributed by atoms with Crippen LogP contribution in [0.5, 0.6) is 0 Å². The first kappa shape index (κ1) is 10.3. The summed E-state index contributed by atoms with van der Waals surface area (Å²) in [4.78, 5) is 12.9. The van der Waals surface area contributed by atoms with Gasteiger partial charge >= 0.3 is 6.09 Å². The first-order chi connectivity index (χ1) is 6.11. The molecule has 0 radical (unpaired) electrons. The molecule has 0 spiro atoms. The van der Waals surface area contributed by atoms with Crippen molar-refractivity contribution in [2.24, 2.45) is 0 Å². The molecule has 4 nitrogen and oxygen atoms in total. The van der Waals surface area contributed by atoms with Gasteiger partial charge in [-0.05, 0) is 26.8 Å². The number of piperidine rings is 1. The summed E-state index contributed by atoms with van der Waals surface area (Å²) in [5.41, 5.74) is 0.185. The third-order valence-corrected chi connectivity index (χ3v) is 2.90. The van der Waals surface area contributed by atoms with E-state index in [1.54, 1.807) is 4.90 Å². The Kier molecular flexibility index (Phi) is 3.14. The number of rotatable bonds is 1. The molecular formula is C9H18N2O2. The molecule has 0 aromatic heterocycles. The molecule has 1 N–H and O–H groups in total. The Morgan fingerprint density at radius 1 is 1.46 bits per heavy atom. The lowest BCUT2D eigenvalue weighted by molar-refractivity contribution is 0.0977. The minimum atomic E-state index is -0.210. The molecule has 4 heteroatoms. The van der Waals surface area contributed by atoms with E-state index in [-0.39, 0.29) is 11.6 Å². The van der Waals surface area contributed by atoms with E-state index in [9.17, 15) is 4.79 Å². The lowest BCUT2D eigenvalue weighted by Crippen LogP contribution is -2.51. The molecule has 76 valence electrons. The Morgan fingerprint density at radius 3 is 2.38 bits per heavy atom. The van der Waals surface area contributed by atoms with E-state index in [1.807, 2.05) is 7.05 Å². The van der Waals surface area contributed by atoms with Crippen molar-refractivity contribution in [1.82, 2.24) is 10.2 Å². The second-order valence-electron chi connectivity index (χ2n) is 3.77. The van der Waals surface area contributed by atoms with Gasteiger partial charge in [-0.25, -0.2) is 4.79 Å². The molecule has 1 saturated heterocycles. The van der Waals surface area contributed by atoms with Crippen molar-refractivity contribution in [3.63, 3.8) is 0 Å². The Morgan fingerprint density at radius 2 is 2.00 bits per heavy atom. The van der Waals surface area contributed by atoms with E-state index in [2.05, 4.69) is 17.0 Å². The van der Waals surface area contributed by atoms with Gasteiger partial charge in [-0.3, -0.25) is 0 Å². The average molecular weight is 186 g/mol. The summed E-state index contributed by atoms with van der Waals surface area (Å²) >= 11 is 0. The zero-order chi connectivity index (χ0) is 9.90. The number of likely N-dealkylation sites (tertiary alicyclic amines) is 1. The molecule has 0 aromatic carbocycles. The minimum absolute atomic E-state index is 0.185. The van der Waals surface area contributed by atoms with E-state index >= 15 is 0 Å². The summed E-state index contributed by atoms with van der Waals surface area (Å²) in [6.45, 7) is 3.75. The Bertz CT molecular complexity index is 186. The van der Waals surface area contributed by atoms with Crippen molar-refractivity contribution in [2.45, 2.75) is 25.3 Å². The van der Waals surface area contributed by atoms with Gasteiger partial charge in [0.05, 0.1) is 7.11 Å². The smallest absolute Gasteiger partial charge is 0.409 e. The van der Waals surface area contributed by atoms with Gasteiger partial charge in [-0.2, -0.15) is 0 Å².